The van der Waals surface area contributed by atoms with Gasteiger partial charge in [0, 0.05) is 0 Å². The van der Waals surface area contributed by atoms with Gasteiger partial charge in [-0.2, -0.15) is 0 Å². The molecule has 2 atom stereocenters. The van der Waals surface area contributed by atoms with Crippen molar-refractivity contribution < 1.29 is 17.9 Å². The van der Waals surface area contributed by atoms with Gasteiger partial charge in [0.25, 0.3) is 0 Å². The number of benzene rings is 4. The summed E-state index contributed by atoms with van der Waals surface area (Å²) >= 11 is -3.87. The van der Waals surface area contributed by atoms with Gasteiger partial charge >= 0.3 is 271 Å². The molecule has 0 saturated carbocycles. The first-order valence-electron chi connectivity index (χ1n) is 17.3. The molecule has 0 spiro atoms. The number of hydrogen-bond donors (Lipinski definition) is 0. The van der Waals surface area contributed by atoms with Crippen LogP contribution in [-0.4, -0.2) is 5.92 Å². The third-order valence-electron chi connectivity index (χ3n) is 12.0. The van der Waals surface area contributed by atoms with Crippen LogP contribution in [0.1, 0.15) is 82.9 Å². The first-order chi connectivity index (χ1) is 21.4. The number of fused-ring (bicyclic) bond motifs is 2. The number of unbranched alkanes of at least 4 members (excludes halogenated alkanes) is 2. The molecule has 0 aromatic heterocycles. The molecule has 2 unspecified atom stereocenters. The van der Waals surface area contributed by atoms with Crippen molar-refractivity contribution in [3.8, 4) is 22.3 Å². The second kappa shape index (κ2) is 12.7. The zero-order valence-electron chi connectivity index (χ0n) is 27.9. The van der Waals surface area contributed by atoms with Crippen molar-refractivity contribution in [2.45, 2.75) is 82.0 Å². The Bertz CT molecular complexity index is 1570. The standard InChI is InChI=1S/2C16H13.2C4H9.C2H7Si.Zr/c2*1-12-10-14-8-5-9-15(16(14)11-12)13-6-3-2-4-7-13;2*1-3-4-2;1-3-2;/h2*2-11H,1H3;2*1,3-4H2,2H3;3H,1-2H3;. The van der Waals surface area contributed by atoms with Crippen molar-refractivity contribution in [1.29, 1.82) is 0 Å². The van der Waals surface area contributed by atoms with Crippen LogP contribution in [-0.2, 0) is 17.9 Å². The molecule has 0 nitrogen and oxygen atoms in total. The van der Waals surface area contributed by atoms with E-state index < -0.39 is 23.9 Å². The van der Waals surface area contributed by atoms with Crippen molar-refractivity contribution in [2.75, 3.05) is 0 Å². The van der Waals surface area contributed by atoms with Crippen LogP contribution in [0.2, 0.25) is 21.4 Å². The van der Waals surface area contributed by atoms with Crippen LogP contribution < -0.4 is 0 Å². The second-order valence-electron chi connectivity index (χ2n) is 14.3. The summed E-state index contributed by atoms with van der Waals surface area (Å²) in [5.41, 5.74) is 15.2. The predicted octanol–water partition coefficient (Wildman–Crippen LogP) is 12.7. The van der Waals surface area contributed by atoms with Gasteiger partial charge in [0.15, 0.2) is 0 Å². The van der Waals surface area contributed by atoms with Crippen molar-refractivity contribution in [2.24, 2.45) is 0 Å². The molecule has 4 aromatic rings. The van der Waals surface area contributed by atoms with E-state index in [1.807, 2.05) is 0 Å². The second-order valence-corrected chi connectivity index (χ2v) is 48.9. The topological polar surface area (TPSA) is 0 Å². The SMILES string of the molecule is CCC[CH2][Zr]([CH2]CCC)([CH]1C(C)=Cc2c(-c3ccccc3)cccc21)([CH]1C(C)=Cc2c(-c3ccccc3)cccc21)[SiH](C)C. The van der Waals surface area contributed by atoms with Gasteiger partial charge in [-0.3, -0.25) is 0 Å². The molecule has 4 aromatic carbocycles. The predicted molar refractivity (Wildman–Crippen MR) is 195 cm³/mol. The average Bonchev–Trinajstić information content (AvgIpc) is 3.59. The summed E-state index contributed by atoms with van der Waals surface area (Å²) in [5.74, 6) is -1.17. The Morgan fingerprint density at radius 3 is 1.32 bits per heavy atom. The average molecular weight is 675 g/mol. The fourth-order valence-corrected chi connectivity index (χ4v) is 60.2. The summed E-state index contributed by atoms with van der Waals surface area (Å²) in [5, 5.41) is 0. The third kappa shape index (κ3) is 4.87. The molecule has 227 valence electrons. The molecular weight excluding hydrogens is 624 g/mol. The van der Waals surface area contributed by atoms with Crippen LogP contribution in [0.5, 0.6) is 0 Å². The van der Waals surface area contributed by atoms with Gasteiger partial charge in [0.2, 0.25) is 0 Å². The molecule has 0 aliphatic heterocycles. The van der Waals surface area contributed by atoms with E-state index in [0.717, 1.165) is 0 Å². The summed E-state index contributed by atoms with van der Waals surface area (Å²) in [4.78, 5) is 0. The maximum absolute atomic E-state index is 3.87. The fraction of sp³-hybridized carbons (Fsp3) is 0.333. The summed E-state index contributed by atoms with van der Waals surface area (Å²) in [6.45, 7) is 15.5. The quantitative estimate of drug-likeness (QED) is 0.139. The van der Waals surface area contributed by atoms with Crippen molar-refractivity contribution >= 4 is 18.1 Å². The monoisotopic (exact) mass is 673 g/mol. The molecule has 0 amide bonds. The van der Waals surface area contributed by atoms with Gasteiger partial charge in [0.1, 0.15) is 0 Å². The van der Waals surface area contributed by atoms with E-state index in [1.54, 1.807) is 22.3 Å². The Labute approximate surface area is 269 Å². The Hall–Kier alpha value is -2.54. The Morgan fingerprint density at radius 2 is 0.955 bits per heavy atom. The van der Waals surface area contributed by atoms with Crippen LogP contribution in [0, 0.1) is 0 Å². The summed E-state index contributed by atoms with van der Waals surface area (Å²) in [7, 11) is 0. The molecule has 2 aliphatic carbocycles. The van der Waals surface area contributed by atoms with E-state index in [0.29, 0.717) is 7.25 Å². The maximum atomic E-state index is 2.80. The molecule has 6 rings (SSSR count). The van der Waals surface area contributed by atoms with Crippen molar-refractivity contribution in [3.63, 3.8) is 0 Å². The van der Waals surface area contributed by atoms with E-state index >= 15 is 0 Å². The van der Waals surface area contributed by atoms with Crippen LogP contribution in [0.4, 0.5) is 0 Å². The summed E-state index contributed by atoms with van der Waals surface area (Å²) in [6.07, 6.45) is 10.6. The molecule has 0 heterocycles. The molecule has 0 saturated heterocycles. The first-order valence-corrected chi connectivity index (χ1v) is 30.7. The van der Waals surface area contributed by atoms with E-state index in [1.165, 1.54) is 67.3 Å². The molecule has 0 radical (unpaired) electrons. The molecule has 0 bridgehead atoms. The minimum absolute atomic E-state index is 0.625. The molecular formula is C42H51SiZr. The third-order valence-corrected chi connectivity index (χ3v) is 63.0. The van der Waals surface area contributed by atoms with Crippen LogP contribution in [0.25, 0.3) is 34.4 Å². The van der Waals surface area contributed by atoms with Gasteiger partial charge in [-0.1, -0.05) is 0 Å². The molecule has 0 N–H and O–H groups in total. The molecule has 2 aliphatic rings. The number of rotatable bonds is 11. The zero-order chi connectivity index (χ0) is 30.9. The molecule has 2 heteroatoms. The van der Waals surface area contributed by atoms with E-state index in [9.17, 15) is 0 Å². The van der Waals surface area contributed by atoms with Crippen molar-refractivity contribution in [3.05, 3.63) is 130 Å². The first kappa shape index (κ1) is 31.4. The van der Waals surface area contributed by atoms with Crippen LogP contribution in [0.15, 0.2) is 108 Å². The fourth-order valence-electron chi connectivity index (χ4n) is 10.1. The van der Waals surface area contributed by atoms with Gasteiger partial charge in [-0.05, 0) is 0 Å². The Morgan fingerprint density at radius 1 is 0.545 bits per heavy atom. The van der Waals surface area contributed by atoms with Crippen LogP contribution in [0.3, 0.4) is 0 Å². The Kier molecular flexibility index (Phi) is 9.07. The van der Waals surface area contributed by atoms with Gasteiger partial charge < -0.3 is 0 Å². The van der Waals surface area contributed by atoms with Crippen molar-refractivity contribution in [1.82, 2.24) is 0 Å². The van der Waals surface area contributed by atoms with E-state index in [4.69, 9.17) is 0 Å². The number of allylic oxidation sites excluding steroid dienone is 2. The summed E-state index contributed by atoms with van der Waals surface area (Å²) < 4.78 is 4.24. The van der Waals surface area contributed by atoms with Gasteiger partial charge in [-0.25, -0.2) is 0 Å². The normalized spacial score (nSPS) is 18.4. The van der Waals surface area contributed by atoms with E-state index in [2.05, 4.69) is 150 Å². The van der Waals surface area contributed by atoms with E-state index in [-0.39, 0.29) is 0 Å². The minimum atomic E-state index is -3.87. The van der Waals surface area contributed by atoms with Gasteiger partial charge in [0.05, 0.1) is 0 Å². The van der Waals surface area contributed by atoms with Gasteiger partial charge in [-0.15, -0.1) is 0 Å². The van der Waals surface area contributed by atoms with Crippen LogP contribution >= 0.6 is 0 Å². The number of hydrogen-bond acceptors (Lipinski definition) is 0. The molecule has 44 heavy (non-hydrogen) atoms. The Balaban J connectivity index is 1.66. The zero-order valence-corrected chi connectivity index (χ0v) is 31.5. The summed E-state index contributed by atoms with van der Waals surface area (Å²) in [6, 6.07) is 36.9. The molecule has 0 fully saturated rings.